The lowest BCUT2D eigenvalue weighted by Gasteiger charge is -1.97. The number of para-hydroxylation sites is 1. The van der Waals surface area contributed by atoms with Crippen molar-refractivity contribution >= 4 is 16.9 Å². The van der Waals surface area contributed by atoms with Crippen LogP contribution in [0.3, 0.4) is 0 Å². The van der Waals surface area contributed by atoms with E-state index in [0.717, 1.165) is 5.39 Å². The molecule has 0 unspecified atom stereocenters. The second kappa shape index (κ2) is 4.13. The number of pyridine rings is 1. The fourth-order valence-corrected chi connectivity index (χ4v) is 1.87. The minimum absolute atomic E-state index is 0.0399. The molecule has 3 rings (SSSR count). The third kappa shape index (κ3) is 1.91. The fraction of sp³-hybridized carbons (Fsp3) is 0. The van der Waals surface area contributed by atoms with Crippen LogP contribution < -0.4 is 0 Å². The summed E-state index contributed by atoms with van der Waals surface area (Å²) in [5.74, 6) is -0.569. The average Bonchev–Trinajstić information content (AvgIpc) is 2.84. The molecule has 5 heteroatoms. The van der Waals surface area contributed by atoms with E-state index in [1.165, 1.54) is 24.4 Å². The number of aromatic hydroxyl groups is 1. The minimum Gasteiger partial charge on any atom is -0.504 e. The van der Waals surface area contributed by atoms with Gasteiger partial charge in [-0.1, -0.05) is 12.1 Å². The number of phenolic OH excluding ortho intramolecular Hbond substituents is 1. The zero-order valence-corrected chi connectivity index (χ0v) is 9.70. The maximum atomic E-state index is 10.9. The van der Waals surface area contributed by atoms with E-state index in [1.54, 1.807) is 18.2 Å². The molecule has 0 aliphatic heterocycles. The summed E-state index contributed by atoms with van der Waals surface area (Å²) in [5.41, 5.74) is 0.908. The molecule has 5 nitrogen and oxygen atoms in total. The van der Waals surface area contributed by atoms with Crippen molar-refractivity contribution in [1.29, 1.82) is 0 Å². The van der Waals surface area contributed by atoms with Crippen molar-refractivity contribution in [3.8, 4) is 17.2 Å². The van der Waals surface area contributed by atoms with Gasteiger partial charge in [0.15, 0.2) is 17.1 Å². The SMILES string of the molecule is O=C(O)c1ccnc(-c2cc3cccc(O)c3o2)c1. The highest BCUT2D eigenvalue weighted by Gasteiger charge is 2.12. The van der Waals surface area contributed by atoms with Gasteiger partial charge in [-0.25, -0.2) is 4.79 Å². The number of aromatic nitrogens is 1. The minimum atomic E-state index is -1.03. The highest BCUT2D eigenvalue weighted by Crippen LogP contribution is 2.32. The summed E-state index contributed by atoms with van der Waals surface area (Å²) in [6, 6.07) is 9.57. The second-order valence-corrected chi connectivity index (χ2v) is 4.04. The number of carbonyl (C=O) groups is 1. The number of hydrogen-bond donors (Lipinski definition) is 2. The molecule has 0 bridgehead atoms. The van der Waals surface area contributed by atoms with Gasteiger partial charge in [-0.3, -0.25) is 4.98 Å². The Kier molecular flexibility index (Phi) is 2.45. The standard InChI is InChI=1S/C14H9NO4/c16-11-3-1-2-8-7-12(19-13(8)11)10-6-9(14(17)18)4-5-15-10/h1-7,16H,(H,17,18). The van der Waals surface area contributed by atoms with E-state index in [2.05, 4.69) is 4.98 Å². The number of nitrogens with zero attached hydrogens (tertiary/aromatic N) is 1. The average molecular weight is 255 g/mol. The first kappa shape index (κ1) is 11.3. The van der Waals surface area contributed by atoms with Crippen molar-refractivity contribution in [3.63, 3.8) is 0 Å². The lowest BCUT2D eigenvalue weighted by atomic mass is 10.2. The van der Waals surface area contributed by atoms with Crippen molar-refractivity contribution in [2.75, 3.05) is 0 Å². The molecule has 0 saturated heterocycles. The Labute approximate surface area is 107 Å². The zero-order valence-electron chi connectivity index (χ0n) is 9.70. The van der Waals surface area contributed by atoms with Gasteiger partial charge in [0.25, 0.3) is 0 Å². The van der Waals surface area contributed by atoms with E-state index in [1.807, 2.05) is 0 Å². The van der Waals surface area contributed by atoms with Crippen LogP contribution in [0.1, 0.15) is 10.4 Å². The molecule has 1 aromatic carbocycles. The Hall–Kier alpha value is -2.82. The van der Waals surface area contributed by atoms with Gasteiger partial charge in [0.05, 0.1) is 5.56 Å². The highest BCUT2D eigenvalue weighted by atomic mass is 16.4. The quantitative estimate of drug-likeness (QED) is 0.735. The first-order valence-electron chi connectivity index (χ1n) is 5.56. The second-order valence-electron chi connectivity index (χ2n) is 4.04. The molecule has 0 aliphatic carbocycles. The molecule has 0 atom stereocenters. The van der Waals surface area contributed by atoms with Gasteiger partial charge < -0.3 is 14.6 Å². The van der Waals surface area contributed by atoms with E-state index in [-0.39, 0.29) is 11.3 Å². The summed E-state index contributed by atoms with van der Waals surface area (Å²) in [4.78, 5) is 15.0. The van der Waals surface area contributed by atoms with E-state index in [0.29, 0.717) is 17.0 Å². The normalized spacial score (nSPS) is 10.7. The molecule has 19 heavy (non-hydrogen) atoms. The molecule has 0 spiro atoms. The number of phenols is 1. The number of aromatic carboxylic acids is 1. The molecular formula is C14H9NO4. The van der Waals surface area contributed by atoms with Crippen molar-refractivity contribution in [1.82, 2.24) is 4.98 Å². The van der Waals surface area contributed by atoms with Crippen LogP contribution in [0.25, 0.3) is 22.4 Å². The third-order valence-corrected chi connectivity index (χ3v) is 2.78. The van der Waals surface area contributed by atoms with Crippen LogP contribution in [0.4, 0.5) is 0 Å². The molecule has 0 radical (unpaired) electrons. The molecule has 0 amide bonds. The predicted molar refractivity (Wildman–Crippen MR) is 68.1 cm³/mol. The molecule has 0 aliphatic rings. The molecular weight excluding hydrogens is 246 g/mol. The van der Waals surface area contributed by atoms with Gasteiger partial charge in [-0.2, -0.15) is 0 Å². The number of benzene rings is 1. The number of hydrogen-bond acceptors (Lipinski definition) is 4. The Morgan fingerprint density at radius 3 is 2.79 bits per heavy atom. The number of fused-ring (bicyclic) bond motifs is 1. The Balaban J connectivity index is 2.16. The van der Waals surface area contributed by atoms with E-state index < -0.39 is 5.97 Å². The summed E-state index contributed by atoms with van der Waals surface area (Å²) in [6.07, 6.45) is 1.41. The Morgan fingerprint density at radius 2 is 2.05 bits per heavy atom. The van der Waals surface area contributed by atoms with Gasteiger partial charge >= 0.3 is 5.97 Å². The van der Waals surface area contributed by atoms with Crippen LogP contribution in [0.5, 0.6) is 5.75 Å². The van der Waals surface area contributed by atoms with Crippen LogP contribution in [0.2, 0.25) is 0 Å². The van der Waals surface area contributed by atoms with Gasteiger partial charge in [0.1, 0.15) is 5.69 Å². The largest absolute Gasteiger partial charge is 0.504 e. The molecule has 0 saturated carbocycles. The maximum Gasteiger partial charge on any atom is 0.335 e. The van der Waals surface area contributed by atoms with Gasteiger partial charge in [0, 0.05) is 11.6 Å². The van der Waals surface area contributed by atoms with Crippen molar-refractivity contribution in [2.45, 2.75) is 0 Å². The van der Waals surface area contributed by atoms with Crippen molar-refractivity contribution in [3.05, 3.63) is 48.2 Å². The van der Waals surface area contributed by atoms with Crippen LogP contribution in [0, 0.1) is 0 Å². The van der Waals surface area contributed by atoms with Crippen LogP contribution in [-0.4, -0.2) is 21.2 Å². The first-order valence-corrected chi connectivity index (χ1v) is 5.56. The lowest BCUT2D eigenvalue weighted by Crippen LogP contribution is -1.96. The lowest BCUT2D eigenvalue weighted by molar-refractivity contribution is 0.0697. The Bertz CT molecular complexity index is 776. The van der Waals surface area contributed by atoms with E-state index in [4.69, 9.17) is 9.52 Å². The summed E-state index contributed by atoms with van der Waals surface area (Å²) in [7, 11) is 0. The molecule has 2 heterocycles. The summed E-state index contributed by atoms with van der Waals surface area (Å²) >= 11 is 0. The number of carboxylic acids is 1. The number of rotatable bonds is 2. The number of furan rings is 1. The maximum absolute atomic E-state index is 10.9. The van der Waals surface area contributed by atoms with Gasteiger partial charge in [-0.15, -0.1) is 0 Å². The topological polar surface area (TPSA) is 83.6 Å². The molecule has 3 aromatic rings. The van der Waals surface area contributed by atoms with Crippen molar-refractivity contribution in [2.24, 2.45) is 0 Å². The number of carboxylic acid groups (broad SMARTS) is 1. The monoisotopic (exact) mass is 255 g/mol. The van der Waals surface area contributed by atoms with Crippen LogP contribution in [0.15, 0.2) is 47.0 Å². The summed E-state index contributed by atoms with van der Waals surface area (Å²) in [6.45, 7) is 0. The summed E-state index contributed by atoms with van der Waals surface area (Å²) in [5, 5.41) is 19.3. The van der Waals surface area contributed by atoms with E-state index in [9.17, 15) is 9.90 Å². The van der Waals surface area contributed by atoms with Gasteiger partial charge in [-0.05, 0) is 24.3 Å². The van der Waals surface area contributed by atoms with Crippen LogP contribution in [-0.2, 0) is 0 Å². The molecule has 2 N–H and O–H groups in total. The fourth-order valence-electron chi connectivity index (χ4n) is 1.87. The third-order valence-electron chi connectivity index (χ3n) is 2.78. The smallest absolute Gasteiger partial charge is 0.335 e. The summed E-state index contributed by atoms with van der Waals surface area (Å²) < 4.78 is 5.51. The molecule has 2 aromatic heterocycles. The predicted octanol–water partition coefficient (Wildman–Crippen LogP) is 2.90. The zero-order chi connectivity index (χ0) is 13.4. The Morgan fingerprint density at radius 1 is 1.21 bits per heavy atom. The van der Waals surface area contributed by atoms with E-state index >= 15 is 0 Å². The molecule has 94 valence electrons. The highest BCUT2D eigenvalue weighted by molar-refractivity contribution is 5.90. The van der Waals surface area contributed by atoms with Crippen LogP contribution >= 0.6 is 0 Å². The van der Waals surface area contributed by atoms with Crippen molar-refractivity contribution < 1.29 is 19.4 Å². The molecule has 0 fully saturated rings. The van der Waals surface area contributed by atoms with Gasteiger partial charge in [0.2, 0.25) is 0 Å². The first-order chi connectivity index (χ1) is 9.15.